The first-order valence-corrected chi connectivity index (χ1v) is 10.5. The minimum absolute atomic E-state index is 0.0479. The van der Waals surface area contributed by atoms with Crippen LogP contribution in [0.4, 0.5) is 0 Å². The van der Waals surface area contributed by atoms with Gasteiger partial charge in [-0.2, -0.15) is 0 Å². The molecule has 2 aromatic rings. The number of phenolic OH excluding ortho intramolecular Hbond substituents is 2. The van der Waals surface area contributed by atoms with Gasteiger partial charge in [0.25, 0.3) is 0 Å². The van der Waals surface area contributed by atoms with Crippen LogP contribution in [0.15, 0.2) is 42.5 Å². The van der Waals surface area contributed by atoms with Gasteiger partial charge in [0.1, 0.15) is 34.7 Å². The topological polar surface area (TPSA) is 96.2 Å². The van der Waals surface area contributed by atoms with Crippen molar-refractivity contribution in [1.82, 2.24) is 0 Å². The second-order valence-electron chi connectivity index (χ2n) is 8.83. The number of carbonyl (C=O) groups is 1. The molecule has 6 nitrogen and oxygen atoms in total. The van der Waals surface area contributed by atoms with Crippen molar-refractivity contribution in [3.8, 4) is 23.0 Å². The molecule has 0 unspecified atom stereocenters. The van der Waals surface area contributed by atoms with E-state index in [9.17, 15) is 20.1 Å². The number of ketones is 1. The highest BCUT2D eigenvalue weighted by Crippen LogP contribution is 2.46. The Bertz CT molecular complexity index is 1070. The van der Waals surface area contributed by atoms with Crippen molar-refractivity contribution >= 4 is 11.9 Å². The number of phenols is 2. The number of ether oxygens (including phenoxy) is 2. The van der Waals surface area contributed by atoms with Gasteiger partial charge in [0.05, 0.1) is 24.7 Å². The van der Waals surface area contributed by atoms with Crippen LogP contribution in [0.25, 0.3) is 6.08 Å². The zero-order valence-electron chi connectivity index (χ0n) is 18.9. The molecule has 1 aliphatic heterocycles. The molecule has 0 bridgehead atoms. The number of fused-ring (bicyclic) bond motifs is 1. The van der Waals surface area contributed by atoms with Gasteiger partial charge in [-0.25, -0.2) is 0 Å². The van der Waals surface area contributed by atoms with Crippen LogP contribution in [0.1, 0.15) is 66.8 Å². The van der Waals surface area contributed by atoms with Gasteiger partial charge in [-0.15, -0.1) is 0 Å². The second-order valence-corrected chi connectivity index (χ2v) is 8.83. The van der Waals surface area contributed by atoms with Crippen LogP contribution in [-0.4, -0.2) is 33.8 Å². The average Bonchev–Trinajstić information content (AvgIpc) is 2.70. The molecule has 0 saturated heterocycles. The largest absolute Gasteiger partial charge is 0.507 e. The van der Waals surface area contributed by atoms with Gasteiger partial charge in [0.15, 0.2) is 5.78 Å². The van der Waals surface area contributed by atoms with Crippen LogP contribution < -0.4 is 9.47 Å². The predicted octanol–water partition coefficient (Wildman–Crippen LogP) is 5.11. The third kappa shape index (κ3) is 5.14. The summed E-state index contributed by atoms with van der Waals surface area (Å²) in [4.78, 5) is 12.9. The molecular formula is C26H30O6. The molecule has 0 aliphatic carbocycles. The van der Waals surface area contributed by atoms with Crippen LogP contribution >= 0.6 is 0 Å². The molecule has 1 atom stereocenters. The number of aromatic hydroxyl groups is 2. The molecule has 0 fully saturated rings. The first kappa shape index (κ1) is 23.4. The van der Waals surface area contributed by atoms with Gasteiger partial charge < -0.3 is 24.8 Å². The Labute approximate surface area is 188 Å². The van der Waals surface area contributed by atoms with E-state index in [4.69, 9.17) is 9.47 Å². The molecule has 3 rings (SSSR count). The molecule has 0 aromatic heterocycles. The fourth-order valence-electron chi connectivity index (χ4n) is 3.70. The molecule has 3 N–H and O–H groups in total. The molecule has 0 radical (unpaired) electrons. The van der Waals surface area contributed by atoms with Crippen LogP contribution in [0.3, 0.4) is 0 Å². The van der Waals surface area contributed by atoms with E-state index in [-0.39, 0.29) is 35.0 Å². The van der Waals surface area contributed by atoms with Crippen molar-refractivity contribution < 1.29 is 29.6 Å². The van der Waals surface area contributed by atoms with Crippen LogP contribution in [0.2, 0.25) is 0 Å². The molecule has 0 spiro atoms. The first-order chi connectivity index (χ1) is 15.0. The number of Topliss-reactive ketones (excluding diaryl/α,β-unsaturated/α-hetero) is 1. The molecule has 1 aliphatic rings. The van der Waals surface area contributed by atoms with E-state index in [1.54, 1.807) is 33.1 Å². The SMILES string of the molecule is C=C(C)/C=C/c1c(O)cc(O)c2c1O[C@H](c1ccc(OC)c(CCC(C)(C)O)c1)CC2=O. The Morgan fingerprint density at radius 1 is 1.28 bits per heavy atom. The van der Waals surface area contributed by atoms with E-state index in [2.05, 4.69) is 6.58 Å². The van der Waals surface area contributed by atoms with Crippen molar-refractivity contribution in [2.24, 2.45) is 0 Å². The van der Waals surface area contributed by atoms with Crippen molar-refractivity contribution in [1.29, 1.82) is 0 Å². The number of carbonyl (C=O) groups excluding carboxylic acids is 1. The Morgan fingerprint density at radius 3 is 2.62 bits per heavy atom. The fourth-order valence-corrected chi connectivity index (χ4v) is 3.70. The Morgan fingerprint density at radius 2 is 2.00 bits per heavy atom. The number of allylic oxidation sites excluding steroid dienone is 2. The maximum Gasteiger partial charge on any atom is 0.174 e. The lowest BCUT2D eigenvalue weighted by Crippen LogP contribution is -2.22. The minimum Gasteiger partial charge on any atom is -0.507 e. The molecule has 32 heavy (non-hydrogen) atoms. The van der Waals surface area contributed by atoms with Crippen molar-refractivity contribution in [2.75, 3.05) is 7.11 Å². The molecule has 0 amide bonds. The Kier molecular flexibility index (Phi) is 6.65. The molecule has 170 valence electrons. The van der Waals surface area contributed by atoms with Crippen molar-refractivity contribution in [2.45, 2.75) is 51.7 Å². The summed E-state index contributed by atoms with van der Waals surface area (Å²) in [6.45, 7) is 9.12. The van der Waals surface area contributed by atoms with Gasteiger partial charge in [0.2, 0.25) is 0 Å². The Hall–Kier alpha value is -3.25. The third-order valence-electron chi connectivity index (χ3n) is 5.40. The summed E-state index contributed by atoms with van der Waals surface area (Å²) in [5, 5.41) is 30.8. The van der Waals surface area contributed by atoms with Crippen LogP contribution in [0.5, 0.6) is 23.0 Å². The van der Waals surface area contributed by atoms with E-state index < -0.39 is 11.7 Å². The average molecular weight is 439 g/mol. The maximum absolute atomic E-state index is 12.9. The third-order valence-corrected chi connectivity index (χ3v) is 5.40. The fraction of sp³-hybridized carbons (Fsp3) is 0.346. The molecule has 0 saturated carbocycles. The summed E-state index contributed by atoms with van der Waals surface area (Å²) in [7, 11) is 1.59. The summed E-state index contributed by atoms with van der Waals surface area (Å²) in [5.74, 6) is 0.0745. The zero-order chi connectivity index (χ0) is 23.6. The summed E-state index contributed by atoms with van der Waals surface area (Å²) in [6.07, 6.45) is 3.90. The van der Waals surface area contributed by atoms with E-state index in [0.717, 1.165) is 22.8 Å². The normalized spacial score (nSPS) is 16.0. The first-order valence-electron chi connectivity index (χ1n) is 10.5. The van der Waals surface area contributed by atoms with E-state index in [0.29, 0.717) is 24.2 Å². The number of methoxy groups -OCH3 is 1. The number of aryl methyl sites for hydroxylation is 1. The highest BCUT2D eigenvalue weighted by molar-refractivity contribution is 6.04. The highest BCUT2D eigenvalue weighted by atomic mass is 16.5. The summed E-state index contributed by atoms with van der Waals surface area (Å²) < 4.78 is 11.6. The molecular weight excluding hydrogens is 408 g/mol. The second kappa shape index (κ2) is 9.09. The van der Waals surface area contributed by atoms with Crippen LogP contribution in [-0.2, 0) is 6.42 Å². The monoisotopic (exact) mass is 438 g/mol. The number of hydrogen-bond donors (Lipinski definition) is 3. The Balaban J connectivity index is 2.02. The number of benzene rings is 2. The van der Waals surface area contributed by atoms with Crippen molar-refractivity contribution in [3.63, 3.8) is 0 Å². The smallest absolute Gasteiger partial charge is 0.174 e. The summed E-state index contributed by atoms with van der Waals surface area (Å²) in [6, 6.07) is 6.72. The van der Waals surface area contributed by atoms with Crippen molar-refractivity contribution in [3.05, 3.63) is 64.7 Å². The van der Waals surface area contributed by atoms with Gasteiger partial charge in [-0.05, 0) is 62.9 Å². The van der Waals surface area contributed by atoms with E-state index in [1.807, 2.05) is 25.1 Å². The lowest BCUT2D eigenvalue weighted by Gasteiger charge is -2.28. The maximum atomic E-state index is 12.9. The summed E-state index contributed by atoms with van der Waals surface area (Å²) >= 11 is 0. The lowest BCUT2D eigenvalue weighted by atomic mass is 9.91. The number of hydrogen-bond acceptors (Lipinski definition) is 6. The standard InChI is InChI=1S/C26H30O6/c1-15(2)6-8-18-19(27)13-20(28)24-21(29)14-23(32-25(18)24)16-7-9-22(31-5)17(12-16)10-11-26(3,4)30/h6-9,12-13,23,27-28,30H,1,10-11,14H2,2-5H3/b8-6+/t23-/m0/s1. The lowest BCUT2D eigenvalue weighted by molar-refractivity contribution is 0.0712. The summed E-state index contributed by atoms with van der Waals surface area (Å²) in [5.41, 5.74) is 1.99. The molecule has 2 aromatic carbocycles. The number of aliphatic hydroxyl groups is 1. The van der Waals surface area contributed by atoms with E-state index >= 15 is 0 Å². The minimum atomic E-state index is -0.823. The number of rotatable bonds is 7. The van der Waals surface area contributed by atoms with Gasteiger partial charge >= 0.3 is 0 Å². The van der Waals surface area contributed by atoms with E-state index in [1.165, 1.54) is 0 Å². The predicted molar refractivity (Wildman–Crippen MR) is 124 cm³/mol. The zero-order valence-corrected chi connectivity index (χ0v) is 18.9. The van der Waals surface area contributed by atoms with Crippen LogP contribution in [0, 0.1) is 0 Å². The van der Waals surface area contributed by atoms with Gasteiger partial charge in [-0.1, -0.05) is 24.3 Å². The molecule has 1 heterocycles. The quantitative estimate of drug-likeness (QED) is 0.520. The van der Waals surface area contributed by atoms with Gasteiger partial charge in [0, 0.05) is 6.07 Å². The highest BCUT2D eigenvalue weighted by Gasteiger charge is 2.33. The molecule has 6 heteroatoms. The van der Waals surface area contributed by atoms with Gasteiger partial charge in [-0.3, -0.25) is 4.79 Å².